The summed E-state index contributed by atoms with van der Waals surface area (Å²) in [5, 5.41) is 6.67. The number of amides is 1. The highest BCUT2D eigenvalue weighted by molar-refractivity contribution is 14.0. The molecule has 0 saturated carbocycles. The zero-order valence-corrected chi connectivity index (χ0v) is 19.5. The quantitative estimate of drug-likeness (QED) is 0.310. The molecule has 1 aromatic carbocycles. The maximum Gasteiger partial charge on any atom is 0.229 e. The van der Waals surface area contributed by atoms with Crippen LogP contribution in [0.15, 0.2) is 59.7 Å². The number of aromatic nitrogens is 2. The number of halogens is 1. The average molecular weight is 518 g/mol. The van der Waals surface area contributed by atoms with Gasteiger partial charge in [-0.15, -0.1) is 24.0 Å². The lowest BCUT2D eigenvalue weighted by Crippen LogP contribution is -2.44. The van der Waals surface area contributed by atoms with Crippen molar-refractivity contribution < 1.29 is 4.79 Å². The van der Waals surface area contributed by atoms with Gasteiger partial charge in [-0.05, 0) is 38.1 Å². The molecule has 1 unspecified atom stereocenters. The van der Waals surface area contributed by atoms with E-state index >= 15 is 0 Å². The molecule has 3 aromatic rings. The molecule has 8 heteroatoms. The molecule has 1 aliphatic heterocycles. The Labute approximate surface area is 193 Å². The summed E-state index contributed by atoms with van der Waals surface area (Å²) < 4.78 is 2.07. The van der Waals surface area contributed by atoms with E-state index < -0.39 is 0 Å². The fraction of sp³-hybridized carbons (Fsp3) is 0.318. The number of guanidine groups is 1. The second kappa shape index (κ2) is 9.92. The summed E-state index contributed by atoms with van der Waals surface area (Å²) in [6.07, 6.45) is 2.47. The first-order valence-electron chi connectivity index (χ1n) is 9.98. The number of imidazole rings is 1. The Bertz CT molecular complexity index is 1030. The number of hydrogen-bond acceptors (Lipinski definition) is 3. The predicted molar refractivity (Wildman–Crippen MR) is 130 cm³/mol. The van der Waals surface area contributed by atoms with Crippen molar-refractivity contribution in [3.63, 3.8) is 0 Å². The fourth-order valence-corrected chi connectivity index (χ4v) is 3.61. The zero-order chi connectivity index (χ0) is 20.2. The van der Waals surface area contributed by atoms with Crippen molar-refractivity contribution >= 4 is 47.2 Å². The third-order valence-electron chi connectivity index (χ3n) is 5.02. The Hall–Kier alpha value is -2.62. The number of nitrogens with one attached hydrogen (secondary N) is 2. The first-order chi connectivity index (χ1) is 14.1. The van der Waals surface area contributed by atoms with Crippen LogP contribution in [0.3, 0.4) is 0 Å². The van der Waals surface area contributed by atoms with E-state index in [4.69, 9.17) is 0 Å². The molecule has 1 aliphatic rings. The number of carbonyl (C=O) groups is 1. The lowest BCUT2D eigenvalue weighted by atomic mass is 10.2. The maximum absolute atomic E-state index is 12.4. The number of para-hydroxylation sites is 1. The number of carbonyl (C=O) groups excluding carboxylic acids is 1. The van der Waals surface area contributed by atoms with E-state index in [0.717, 1.165) is 29.3 Å². The number of aryl methyl sites for hydroxylation is 1. The average Bonchev–Trinajstić information content (AvgIpc) is 3.31. The summed E-state index contributed by atoms with van der Waals surface area (Å²) in [7, 11) is 0. The smallest absolute Gasteiger partial charge is 0.229 e. The minimum Gasteiger partial charge on any atom is -0.357 e. The summed E-state index contributed by atoms with van der Waals surface area (Å²) in [6.45, 7) is 5.93. The van der Waals surface area contributed by atoms with Crippen LogP contribution in [0, 0.1) is 6.92 Å². The predicted octanol–water partition coefficient (Wildman–Crippen LogP) is 3.12. The van der Waals surface area contributed by atoms with E-state index in [1.165, 1.54) is 0 Å². The van der Waals surface area contributed by atoms with Crippen LogP contribution in [-0.4, -0.2) is 40.4 Å². The van der Waals surface area contributed by atoms with Gasteiger partial charge in [-0.2, -0.15) is 0 Å². The molecular weight excluding hydrogens is 491 g/mol. The van der Waals surface area contributed by atoms with E-state index in [1.54, 1.807) is 0 Å². The maximum atomic E-state index is 12.4. The number of hydrogen-bond donors (Lipinski definition) is 2. The van der Waals surface area contributed by atoms with Crippen molar-refractivity contribution in [1.82, 2.24) is 20.0 Å². The van der Waals surface area contributed by atoms with Gasteiger partial charge in [0.15, 0.2) is 5.96 Å². The van der Waals surface area contributed by atoms with Gasteiger partial charge in [0.2, 0.25) is 5.91 Å². The van der Waals surface area contributed by atoms with Crippen molar-refractivity contribution in [2.45, 2.75) is 32.9 Å². The molecule has 0 radical (unpaired) electrons. The van der Waals surface area contributed by atoms with Crippen molar-refractivity contribution in [2.75, 3.05) is 18.0 Å². The van der Waals surface area contributed by atoms with Gasteiger partial charge < -0.3 is 19.9 Å². The molecule has 1 atom stereocenters. The second-order valence-electron chi connectivity index (χ2n) is 7.21. The van der Waals surface area contributed by atoms with E-state index in [9.17, 15) is 4.79 Å². The summed E-state index contributed by atoms with van der Waals surface area (Å²) in [5.41, 5.74) is 3.91. The van der Waals surface area contributed by atoms with Gasteiger partial charge in [-0.1, -0.05) is 24.3 Å². The first kappa shape index (κ1) is 22.1. The highest BCUT2D eigenvalue weighted by atomic mass is 127. The van der Waals surface area contributed by atoms with E-state index in [-0.39, 0.29) is 35.9 Å². The molecule has 0 bridgehead atoms. The summed E-state index contributed by atoms with van der Waals surface area (Å²) in [6, 6.07) is 15.9. The van der Waals surface area contributed by atoms with Crippen molar-refractivity contribution in [2.24, 2.45) is 4.99 Å². The van der Waals surface area contributed by atoms with Crippen LogP contribution in [0.2, 0.25) is 0 Å². The minimum absolute atomic E-state index is 0. The van der Waals surface area contributed by atoms with Gasteiger partial charge in [-0.3, -0.25) is 4.79 Å². The van der Waals surface area contributed by atoms with Gasteiger partial charge in [0, 0.05) is 37.1 Å². The van der Waals surface area contributed by atoms with Crippen LogP contribution in [0.25, 0.3) is 5.65 Å². The third kappa shape index (κ3) is 4.92. The molecule has 3 heterocycles. The largest absolute Gasteiger partial charge is 0.357 e. The van der Waals surface area contributed by atoms with Crippen LogP contribution in [0.1, 0.15) is 24.7 Å². The van der Waals surface area contributed by atoms with Gasteiger partial charge in [0.25, 0.3) is 0 Å². The number of aliphatic imine (C=N–C) groups is 1. The Morgan fingerprint density at radius 2 is 2.00 bits per heavy atom. The standard InChI is InChI=1S/C22H26N6O.HI/c1-3-23-22(24-13-18-15-27-16(2)8-7-11-20(27)25-18)26-17-12-21(29)28(14-17)19-9-5-4-6-10-19;/h4-11,15,17H,3,12-14H2,1-2H3,(H2,23,24,26);1H. The molecule has 158 valence electrons. The monoisotopic (exact) mass is 518 g/mol. The van der Waals surface area contributed by atoms with E-state index in [1.807, 2.05) is 60.5 Å². The van der Waals surface area contributed by atoms with Crippen LogP contribution in [0.4, 0.5) is 5.69 Å². The number of benzene rings is 1. The second-order valence-corrected chi connectivity index (χ2v) is 7.21. The van der Waals surface area contributed by atoms with Crippen LogP contribution >= 0.6 is 24.0 Å². The molecule has 0 spiro atoms. The zero-order valence-electron chi connectivity index (χ0n) is 17.2. The molecule has 30 heavy (non-hydrogen) atoms. The van der Waals surface area contributed by atoms with Crippen LogP contribution in [-0.2, 0) is 11.3 Å². The van der Waals surface area contributed by atoms with Crippen molar-refractivity contribution in [1.29, 1.82) is 0 Å². The summed E-state index contributed by atoms with van der Waals surface area (Å²) in [5.74, 6) is 0.828. The van der Waals surface area contributed by atoms with Gasteiger partial charge in [0.05, 0.1) is 18.3 Å². The molecule has 7 nitrogen and oxygen atoms in total. The molecule has 1 amide bonds. The number of nitrogens with zero attached hydrogens (tertiary/aromatic N) is 4. The van der Waals surface area contributed by atoms with Gasteiger partial charge in [0.1, 0.15) is 5.65 Å². The first-order valence-corrected chi connectivity index (χ1v) is 9.98. The molecule has 4 rings (SSSR count). The van der Waals surface area contributed by atoms with Crippen molar-refractivity contribution in [3.8, 4) is 0 Å². The highest BCUT2D eigenvalue weighted by Crippen LogP contribution is 2.21. The van der Waals surface area contributed by atoms with E-state index in [0.29, 0.717) is 25.5 Å². The SMILES string of the molecule is CCNC(=NCc1cn2c(C)cccc2n1)NC1CC(=O)N(c2ccccc2)C1.I. The number of fused-ring (bicyclic) bond motifs is 1. The Kier molecular flexibility index (Phi) is 7.30. The lowest BCUT2D eigenvalue weighted by Gasteiger charge is -2.18. The molecule has 2 N–H and O–H groups in total. The van der Waals surface area contributed by atoms with Crippen LogP contribution in [0.5, 0.6) is 0 Å². The minimum atomic E-state index is 0. The summed E-state index contributed by atoms with van der Waals surface area (Å²) >= 11 is 0. The molecular formula is C22H27IN6O. The Balaban J connectivity index is 0.00000256. The number of anilines is 1. The topological polar surface area (TPSA) is 74.0 Å². The Morgan fingerprint density at radius 3 is 2.73 bits per heavy atom. The van der Waals surface area contributed by atoms with Crippen LogP contribution < -0.4 is 15.5 Å². The molecule has 1 fully saturated rings. The highest BCUT2D eigenvalue weighted by Gasteiger charge is 2.31. The molecule has 0 aliphatic carbocycles. The molecule has 2 aromatic heterocycles. The number of pyridine rings is 1. The van der Waals surface area contributed by atoms with E-state index in [2.05, 4.69) is 38.0 Å². The number of rotatable bonds is 5. The van der Waals surface area contributed by atoms with Gasteiger partial charge >= 0.3 is 0 Å². The summed E-state index contributed by atoms with van der Waals surface area (Å²) in [4.78, 5) is 23.6. The van der Waals surface area contributed by atoms with Crippen molar-refractivity contribution in [3.05, 3.63) is 66.1 Å². The lowest BCUT2D eigenvalue weighted by molar-refractivity contribution is -0.117. The third-order valence-corrected chi connectivity index (χ3v) is 5.02. The Morgan fingerprint density at radius 1 is 1.20 bits per heavy atom. The molecule has 1 saturated heterocycles. The fourth-order valence-electron chi connectivity index (χ4n) is 3.61. The normalized spacial score (nSPS) is 16.6. The van der Waals surface area contributed by atoms with Gasteiger partial charge in [-0.25, -0.2) is 9.98 Å².